The lowest BCUT2D eigenvalue weighted by Gasteiger charge is -2.09. The molecular weight excluding hydrogens is 348 g/mol. The van der Waals surface area contributed by atoms with Crippen LogP contribution in [0.4, 0.5) is 0 Å². The summed E-state index contributed by atoms with van der Waals surface area (Å²) < 4.78 is 5.83. The third-order valence-corrected chi connectivity index (χ3v) is 4.50. The first-order valence-corrected chi connectivity index (χ1v) is 9.14. The van der Waals surface area contributed by atoms with Gasteiger partial charge in [0, 0.05) is 23.7 Å². The predicted molar refractivity (Wildman–Crippen MR) is 111 cm³/mol. The van der Waals surface area contributed by atoms with E-state index in [-0.39, 0.29) is 5.91 Å². The molecule has 4 aromatic rings. The minimum Gasteiger partial charge on any atom is -0.457 e. The van der Waals surface area contributed by atoms with E-state index in [1.54, 1.807) is 12.3 Å². The number of hydrogen-bond donors (Lipinski definition) is 1. The molecule has 4 heteroatoms. The molecule has 0 atom stereocenters. The van der Waals surface area contributed by atoms with Crippen LogP contribution in [0.25, 0.3) is 10.9 Å². The number of aryl methyl sites for hydroxylation is 1. The van der Waals surface area contributed by atoms with Crippen LogP contribution in [0.15, 0.2) is 85.1 Å². The van der Waals surface area contributed by atoms with Gasteiger partial charge in [0.05, 0.1) is 5.52 Å². The van der Waals surface area contributed by atoms with Crippen molar-refractivity contribution in [2.75, 3.05) is 0 Å². The second-order valence-electron chi connectivity index (χ2n) is 6.65. The Morgan fingerprint density at radius 3 is 2.39 bits per heavy atom. The molecule has 0 fully saturated rings. The van der Waals surface area contributed by atoms with Gasteiger partial charge in [0.25, 0.3) is 5.91 Å². The fraction of sp³-hybridized carbons (Fsp3) is 0.0833. The van der Waals surface area contributed by atoms with E-state index >= 15 is 0 Å². The summed E-state index contributed by atoms with van der Waals surface area (Å²) in [5, 5.41) is 3.91. The maximum Gasteiger partial charge on any atom is 0.251 e. The first-order valence-electron chi connectivity index (χ1n) is 9.14. The highest BCUT2D eigenvalue weighted by Gasteiger charge is 2.07. The number of benzene rings is 3. The van der Waals surface area contributed by atoms with Gasteiger partial charge in [0.1, 0.15) is 11.5 Å². The van der Waals surface area contributed by atoms with Gasteiger partial charge in [0.2, 0.25) is 0 Å². The number of ether oxygens (including phenoxy) is 1. The van der Waals surface area contributed by atoms with Gasteiger partial charge in [-0.3, -0.25) is 9.78 Å². The molecule has 1 N–H and O–H groups in total. The Bertz CT molecular complexity index is 1100. The largest absolute Gasteiger partial charge is 0.457 e. The van der Waals surface area contributed by atoms with Crippen molar-refractivity contribution in [3.05, 3.63) is 102 Å². The summed E-state index contributed by atoms with van der Waals surface area (Å²) in [6.07, 6.45) is 1.74. The number of carbonyl (C=O) groups excluding carboxylic acids is 1. The highest BCUT2D eigenvalue weighted by Crippen LogP contribution is 2.22. The van der Waals surface area contributed by atoms with Gasteiger partial charge in [-0.25, -0.2) is 0 Å². The van der Waals surface area contributed by atoms with E-state index < -0.39 is 0 Å². The smallest absolute Gasteiger partial charge is 0.251 e. The molecule has 0 unspecified atom stereocenters. The number of nitrogens with zero attached hydrogens (tertiary/aromatic N) is 1. The molecule has 138 valence electrons. The molecule has 4 nitrogen and oxygen atoms in total. The summed E-state index contributed by atoms with van der Waals surface area (Å²) in [4.78, 5) is 16.7. The van der Waals surface area contributed by atoms with Gasteiger partial charge in [-0.1, -0.05) is 35.9 Å². The van der Waals surface area contributed by atoms with Gasteiger partial charge in [0.15, 0.2) is 0 Å². The normalized spacial score (nSPS) is 10.6. The average Bonchev–Trinajstić information content (AvgIpc) is 2.74. The molecule has 0 saturated heterocycles. The van der Waals surface area contributed by atoms with E-state index in [0.29, 0.717) is 12.1 Å². The van der Waals surface area contributed by atoms with E-state index in [0.717, 1.165) is 28.0 Å². The second kappa shape index (κ2) is 7.92. The summed E-state index contributed by atoms with van der Waals surface area (Å²) in [6.45, 7) is 2.50. The van der Waals surface area contributed by atoms with Crippen molar-refractivity contribution in [2.45, 2.75) is 13.5 Å². The van der Waals surface area contributed by atoms with Crippen molar-refractivity contribution in [3.63, 3.8) is 0 Å². The molecule has 0 aliphatic heterocycles. The number of aromatic nitrogens is 1. The highest BCUT2D eigenvalue weighted by molar-refractivity contribution is 5.97. The third-order valence-electron chi connectivity index (χ3n) is 4.50. The zero-order chi connectivity index (χ0) is 19.3. The van der Waals surface area contributed by atoms with E-state index in [1.165, 1.54) is 5.56 Å². The lowest BCUT2D eigenvalue weighted by molar-refractivity contribution is 0.0951. The molecule has 1 amide bonds. The summed E-state index contributed by atoms with van der Waals surface area (Å²) >= 11 is 0. The monoisotopic (exact) mass is 368 g/mol. The number of amides is 1. The number of fused-ring (bicyclic) bond motifs is 1. The molecule has 0 bridgehead atoms. The Morgan fingerprint density at radius 2 is 1.64 bits per heavy atom. The summed E-state index contributed by atoms with van der Waals surface area (Å²) in [5.74, 6) is 1.46. The second-order valence-corrected chi connectivity index (χ2v) is 6.65. The van der Waals surface area contributed by atoms with Crippen molar-refractivity contribution >= 4 is 16.8 Å². The number of rotatable bonds is 5. The Labute approximate surface area is 163 Å². The van der Waals surface area contributed by atoms with Crippen molar-refractivity contribution in [2.24, 2.45) is 0 Å². The van der Waals surface area contributed by atoms with Crippen LogP contribution in [-0.4, -0.2) is 10.9 Å². The molecule has 0 saturated carbocycles. The standard InChI is InChI=1S/C24H20N2O2/c1-17-4-9-21(10-5-17)28-22-11-6-18(7-12-22)16-26-24(27)20-8-13-23-19(15-20)3-2-14-25-23/h2-15H,16H2,1H3,(H,26,27). The van der Waals surface area contributed by atoms with Crippen LogP contribution in [0.1, 0.15) is 21.5 Å². The summed E-state index contributed by atoms with van der Waals surface area (Å²) in [7, 11) is 0. The van der Waals surface area contributed by atoms with Gasteiger partial charge in [-0.2, -0.15) is 0 Å². The first-order chi connectivity index (χ1) is 13.7. The molecule has 28 heavy (non-hydrogen) atoms. The maximum atomic E-state index is 12.4. The van der Waals surface area contributed by atoms with Crippen molar-refractivity contribution in [1.29, 1.82) is 0 Å². The zero-order valence-electron chi connectivity index (χ0n) is 15.6. The Morgan fingerprint density at radius 1 is 0.929 bits per heavy atom. The van der Waals surface area contributed by atoms with Gasteiger partial charge >= 0.3 is 0 Å². The molecule has 0 aliphatic rings. The van der Waals surface area contributed by atoms with Crippen LogP contribution >= 0.6 is 0 Å². The summed E-state index contributed by atoms with van der Waals surface area (Å²) in [6, 6.07) is 25.0. The van der Waals surface area contributed by atoms with Gasteiger partial charge in [-0.05, 0) is 61.0 Å². The van der Waals surface area contributed by atoms with E-state index in [4.69, 9.17) is 4.74 Å². The lowest BCUT2D eigenvalue weighted by atomic mass is 10.1. The average molecular weight is 368 g/mol. The number of pyridine rings is 1. The summed E-state index contributed by atoms with van der Waals surface area (Å²) in [5.41, 5.74) is 3.70. The van der Waals surface area contributed by atoms with Crippen LogP contribution in [0.5, 0.6) is 11.5 Å². The molecule has 0 radical (unpaired) electrons. The Balaban J connectivity index is 1.37. The molecule has 4 rings (SSSR count). The number of nitrogens with one attached hydrogen (secondary N) is 1. The minimum atomic E-state index is -0.106. The molecule has 1 heterocycles. The lowest BCUT2D eigenvalue weighted by Crippen LogP contribution is -2.22. The maximum absolute atomic E-state index is 12.4. The number of hydrogen-bond acceptors (Lipinski definition) is 3. The molecule has 0 spiro atoms. The van der Waals surface area contributed by atoms with Crippen molar-refractivity contribution < 1.29 is 9.53 Å². The van der Waals surface area contributed by atoms with Crippen LogP contribution in [0, 0.1) is 6.92 Å². The van der Waals surface area contributed by atoms with Crippen LogP contribution in [0.2, 0.25) is 0 Å². The van der Waals surface area contributed by atoms with E-state index in [2.05, 4.69) is 10.3 Å². The molecular formula is C24H20N2O2. The Hall–Kier alpha value is -3.66. The minimum absolute atomic E-state index is 0.106. The predicted octanol–water partition coefficient (Wildman–Crippen LogP) is 5.27. The van der Waals surface area contributed by atoms with Crippen LogP contribution in [0.3, 0.4) is 0 Å². The molecule has 1 aromatic heterocycles. The van der Waals surface area contributed by atoms with Gasteiger partial charge in [-0.15, -0.1) is 0 Å². The third kappa shape index (κ3) is 4.18. The topological polar surface area (TPSA) is 51.2 Å². The van der Waals surface area contributed by atoms with Crippen molar-refractivity contribution in [3.8, 4) is 11.5 Å². The van der Waals surface area contributed by atoms with Crippen LogP contribution < -0.4 is 10.1 Å². The molecule has 0 aliphatic carbocycles. The Kier molecular flexibility index (Phi) is 5.02. The first kappa shape index (κ1) is 17.7. The van der Waals surface area contributed by atoms with E-state index in [1.807, 2.05) is 79.7 Å². The highest BCUT2D eigenvalue weighted by atomic mass is 16.5. The molecule has 3 aromatic carbocycles. The van der Waals surface area contributed by atoms with Gasteiger partial charge < -0.3 is 10.1 Å². The van der Waals surface area contributed by atoms with Crippen molar-refractivity contribution in [1.82, 2.24) is 10.3 Å². The number of carbonyl (C=O) groups is 1. The fourth-order valence-electron chi connectivity index (χ4n) is 2.92. The van der Waals surface area contributed by atoms with E-state index in [9.17, 15) is 4.79 Å². The SMILES string of the molecule is Cc1ccc(Oc2ccc(CNC(=O)c3ccc4ncccc4c3)cc2)cc1. The zero-order valence-corrected chi connectivity index (χ0v) is 15.6. The van der Waals surface area contributed by atoms with Crippen LogP contribution in [-0.2, 0) is 6.54 Å². The fourth-order valence-corrected chi connectivity index (χ4v) is 2.92. The quantitative estimate of drug-likeness (QED) is 0.522.